The van der Waals surface area contributed by atoms with Gasteiger partial charge in [-0.1, -0.05) is 0 Å². The lowest BCUT2D eigenvalue weighted by atomic mass is 10.1. The van der Waals surface area contributed by atoms with Crippen LogP contribution >= 0.6 is 22.6 Å². The number of aliphatic hydroxyl groups excluding tert-OH is 3. The van der Waals surface area contributed by atoms with E-state index in [-0.39, 0.29) is 0 Å². The number of hydrogen-bond acceptors (Lipinski definition) is 8. The summed E-state index contributed by atoms with van der Waals surface area (Å²) >= 11 is 2.12. The highest BCUT2D eigenvalue weighted by Gasteiger charge is 2.44. The van der Waals surface area contributed by atoms with E-state index in [1.54, 1.807) is 13.2 Å². The van der Waals surface area contributed by atoms with Crippen LogP contribution in [-0.2, 0) is 4.74 Å². The molecule has 4 atom stereocenters. The number of anilines is 1. The fourth-order valence-electron chi connectivity index (χ4n) is 2.33. The largest absolute Gasteiger partial charge is 0.394 e. The van der Waals surface area contributed by atoms with Crippen molar-refractivity contribution in [2.45, 2.75) is 24.6 Å². The Hall–Kier alpha value is -1.21. The first-order chi connectivity index (χ1) is 10.6. The number of hydrogen-bond donors (Lipinski definition) is 4. The molecule has 22 heavy (non-hydrogen) atoms. The minimum atomic E-state index is -1.27. The number of fused-ring (bicyclic) bond motifs is 1. The van der Waals surface area contributed by atoms with Crippen molar-refractivity contribution in [3.05, 3.63) is 16.1 Å². The van der Waals surface area contributed by atoms with Crippen molar-refractivity contribution in [2.24, 2.45) is 0 Å². The van der Waals surface area contributed by atoms with Crippen LogP contribution in [0.15, 0.2) is 12.5 Å². The zero-order valence-electron chi connectivity index (χ0n) is 11.5. The lowest BCUT2D eigenvalue weighted by Crippen LogP contribution is -2.38. The van der Waals surface area contributed by atoms with E-state index in [1.807, 2.05) is 0 Å². The zero-order chi connectivity index (χ0) is 15.9. The van der Waals surface area contributed by atoms with E-state index in [2.05, 4.69) is 37.9 Å². The Balaban J connectivity index is 1.92. The van der Waals surface area contributed by atoms with Gasteiger partial charge in [0.05, 0.1) is 18.2 Å². The highest BCUT2D eigenvalue weighted by molar-refractivity contribution is 14.1. The Morgan fingerprint density at radius 2 is 2.18 bits per heavy atom. The van der Waals surface area contributed by atoms with Gasteiger partial charge in [-0.05, 0) is 22.6 Å². The third-order valence-corrected chi connectivity index (χ3v) is 4.28. The van der Waals surface area contributed by atoms with Gasteiger partial charge in [0, 0.05) is 10.6 Å². The third kappa shape index (κ3) is 2.50. The van der Waals surface area contributed by atoms with Crippen LogP contribution in [0, 0.1) is 3.57 Å². The number of aromatic nitrogens is 3. The van der Waals surface area contributed by atoms with Crippen molar-refractivity contribution in [1.29, 1.82) is 0 Å². The van der Waals surface area contributed by atoms with Crippen molar-refractivity contribution < 1.29 is 24.9 Å². The molecule has 2 aromatic rings. The van der Waals surface area contributed by atoms with Gasteiger partial charge in [0.25, 0.3) is 6.29 Å². The molecule has 0 amide bonds. The number of nitrogens with one attached hydrogen (secondary N) is 1. The molecule has 1 fully saturated rings. The normalized spacial score (nSPS) is 28.2. The van der Waals surface area contributed by atoms with Crippen LogP contribution in [0.5, 0.6) is 0 Å². The molecule has 9 nitrogen and oxygen atoms in total. The first-order valence-electron chi connectivity index (χ1n) is 6.55. The van der Waals surface area contributed by atoms with E-state index in [1.165, 1.54) is 11.1 Å². The van der Waals surface area contributed by atoms with E-state index in [0.717, 1.165) is 8.96 Å². The summed E-state index contributed by atoms with van der Waals surface area (Å²) in [5.74, 6) is 0.651. The van der Waals surface area contributed by atoms with Crippen LogP contribution in [0.4, 0.5) is 5.82 Å². The molecule has 1 aliphatic heterocycles. The molecule has 0 unspecified atom stereocenters. The smallest absolute Gasteiger partial charge is 0.254 e. The highest BCUT2D eigenvalue weighted by atomic mass is 127. The Bertz CT molecular complexity index is 681. The van der Waals surface area contributed by atoms with E-state index < -0.39 is 31.2 Å². The molecule has 1 saturated heterocycles. The molecule has 0 radical (unpaired) electrons. The Morgan fingerprint density at radius 1 is 1.41 bits per heavy atom. The minimum absolute atomic E-state index is 0.409. The summed E-state index contributed by atoms with van der Waals surface area (Å²) in [4.78, 5) is 13.9. The molecule has 3 heterocycles. The Morgan fingerprint density at radius 3 is 2.82 bits per heavy atom. The number of rotatable bonds is 4. The number of nitrogens with zero attached hydrogens (tertiary/aromatic N) is 3. The third-order valence-electron chi connectivity index (χ3n) is 3.46. The molecule has 0 aromatic carbocycles. The van der Waals surface area contributed by atoms with Gasteiger partial charge in [-0.3, -0.25) is 0 Å². The first-order valence-corrected chi connectivity index (χ1v) is 7.63. The van der Waals surface area contributed by atoms with Crippen LogP contribution in [0.1, 0.15) is 0 Å². The second-order valence-corrected chi connectivity index (χ2v) is 5.95. The molecule has 3 rings (SSSR count). The summed E-state index contributed by atoms with van der Waals surface area (Å²) in [5.41, 5.74) is 0.501. The topological polar surface area (TPSA) is 122 Å². The fourth-order valence-corrected chi connectivity index (χ4v) is 3.08. The molecule has 120 valence electrons. The van der Waals surface area contributed by atoms with Crippen LogP contribution in [0.3, 0.4) is 0 Å². The van der Waals surface area contributed by atoms with E-state index in [4.69, 9.17) is 14.7 Å². The summed E-state index contributed by atoms with van der Waals surface area (Å²) < 4.78 is 7.51. The van der Waals surface area contributed by atoms with Crippen LogP contribution in [0.25, 0.3) is 11.0 Å². The summed E-state index contributed by atoms with van der Waals surface area (Å²) in [6, 6.07) is 0. The number of halogens is 1. The summed E-state index contributed by atoms with van der Waals surface area (Å²) in [6.45, 7) is -0.409. The Labute approximate surface area is 139 Å². The highest BCUT2D eigenvalue weighted by Crippen LogP contribution is 2.27. The number of ether oxygens (including phenoxy) is 1. The van der Waals surface area contributed by atoms with E-state index in [0.29, 0.717) is 11.5 Å². The zero-order valence-corrected chi connectivity index (χ0v) is 13.7. The lowest BCUT2D eigenvalue weighted by Gasteiger charge is -2.17. The van der Waals surface area contributed by atoms with Gasteiger partial charge in [0.1, 0.15) is 30.5 Å². The molecular formula is C12H15IN4O5. The van der Waals surface area contributed by atoms with Gasteiger partial charge in [0.15, 0.2) is 5.65 Å². The Kier molecular flexibility index (Phi) is 4.36. The van der Waals surface area contributed by atoms with E-state index >= 15 is 0 Å². The van der Waals surface area contributed by atoms with E-state index in [9.17, 15) is 10.2 Å². The maximum Gasteiger partial charge on any atom is 0.254 e. The second-order valence-electron chi connectivity index (χ2n) is 4.79. The predicted octanol–water partition coefficient (Wildman–Crippen LogP) is -1.05. The summed E-state index contributed by atoms with van der Waals surface area (Å²) in [7, 11) is 1.75. The maximum absolute atomic E-state index is 9.93. The number of aliphatic hydroxyl groups is 3. The van der Waals surface area contributed by atoms with Crippen molar-refractivity contribution in [3.63, 3.8) is 0 Å². The van der Waals surface area contributed by atoms with Crippen molar-refractivity contribution in [2.75, 3.05) is 19.0 Å². The van der Waals surface area contributed by atoms with Gasteiger partial charge in [-0.25, -0.2) is 9.97 Å². The SMILES string of the molecule is CNc1ncnc2c1c(I)cn2O[C@@H]1O[C@H](CO)[C@@H](O)[C@H]1O. The molecular weight excluding hydrogens is 407 g/mol. The summed E-state index contributed by atoms with van der Waals surface area (Å²) in [5, 5.41) is 32.5. The van der Waals surface area contributed by atoms with Crippen LogP contribution in [0.2, 0.25) is 0 Å². The second kappa shape index (κ2) is 6.12. The first kappa shape index (κ1) is 15.7. The standard InChI is InChI=1S/C12H15IN4O5/c1-14-10-7-5(13)2-17(11(7)16-4-15-10)22-12-9(20)8(19)6(3-18)21-12/h2,4,6,8-9,12,18-20H,3H2,1H3,(H,14,15,16)/t6-,8-,9-,12+/m1/s1. The maximum atomic E-state index is 9.93. The minimum Gasteiger partial charge on any atom is -0.394 e. The monoisotopic (exact) mass is 422 g/mol. The molecule has 1 aliphatic rings. The quantitative estimate of drug-likeness (QED) is 0.461. The molecule has 0 saturated carbocycles. The average Bonchev–Trinajstić information content (AvgIpc) is 2.99. The van der Waals surface area contributed by atoms with Crippen molar-refractivity contribution >= 4 is 39.4 Å². The molecule has 0 spiro atoms. The molecule has 0 aliphatic carbocycles. The van der Waals surface area contributed by atoms with Gasteiger partial charge < -0.3 is 30.2 Å². The summed E-state index contributed by atoms with van der Waals surface area (Å²) in [6.07, 6.45) is -1.40. The molecule has 2 aromatic heterocycles. The van der Waals surface area contributed by atoms with Gasteiger partial charge in [-0.15, -0.1) is 0 Å². The van der Waals surface area contributed by atoms with Crippen LogP contribution < -0.4 is 10.2 Å². The average molecular weight is 422 g/mol. The predicted molar refractivity (Wildman–Crippen MR) is 84.1 cm³/mol. The molecule has 10 heteroatoms. The van der Waals surface area contributed by atoms with Gasteiger partial charge in [-0.2, -0.15) is 4.73 Å². The van der Waals surface area contributed by atoms with Gasteiger partial charge >= 0.3 is 0 Å². The van der Waals surface area contributed by atoms with Crippen LogP contribution in [-0.4, -0.2) is 68.3 Å². The molecule has 0 bridgehead atoms. The van der Waals surface area contributed by atoms with Crippen molar-refractivity contribution in [1.82, 2.24) is 14.7 Å². The molecule has 4 N–H and O–H groups in total. The lowest BCUT2D eigenvalue weighted by molar-refractivity contribution is -0.168. The van der Waals surface area contributed by atoms with Crippen molar-refractivity contribution in [3.8, 4) is 0 Å². The van der Waals surface area contributed by atoms with Gasteiger partial charge in [0.2, 0.25) is 0 Å². The fraction of sp³-hybridized carbons (Fsp3) is 0.500.